The van der Waals surface area contributed by atoms with Crippen molar-refractivity contribution in [3.63, 3.8) is 0 Å². The van der Waals surface area contributed by atoms with Gasteiger partial charge in [-0.15, -0.1) is 11.3 Å². The Hall–Kier alpha value is -0.770. The lowest BCUT2D eigenvalue weighted by Gasteiger charge is -2.15. The highest BCUT2D eigenvalue weighted by Gasteiger charge is 2.19. The lowest BCUT2D eigenvalue weighted by atomic mass is 10.1. The van der Waals surface area contributed by atoms with Crippen molar-refractivity contribution in [1.29, 1.82) is 0 Å². The van der Waals surface area contributed by atoms with E-state index in [1.165, 1.54) is 0 Å². The second-order valence-electron chi connectivity index (χ2n) is 3.64. The van der Waals surface area contributed by atoms with Crippen molar-refractivity contribution in [2.24, 2.45) is 0 Å². The van der Waals surface area contributed by atoms with Gasteiger partial charge in [-0.25, -0.2) is 0 Å². The van der Waals surface area contributed by atoms with Crippen molar-refractivity contribution >= 4 is 22.9 Å². The normalized spacial score (nSPS) is 12.9. The molecule has 2 rings (SSSR count). The van der Waals surface area contributed by atoms with E-state index < -0.39 is 0 Å². The van der Waals surface area contributed by atoms with Gasteiger partial charge in [0.1, 0.15) is 0 Å². The maximum atomic E-state index is 6.30. The van der Waals surface area contributed by atoms with E-state index in [1.807, 2.05) is 13.0 Å². The third-order valence-electron chi connectivity index (χ3n) is 2.47. The molecule has 0 aromatic carbocycles. The van der Waals surface area contributed by atoms with Gasteiger partial charge in [0.15, 0.2) is 0 Å². The molecule has 0 aliphatic carbocycles. The minimum atomic E-state index is 0.134. The third-order valence-corrected chi connectivity index (χ3v) is 4.25. The molecule has 0 saturated heterocycles. The number of aryl methyl sites for hydroxylation is 1. The van der Waals surface area contributed by atoms with Crippen LogP contribution in [0.4, 0.5) is 0 Å². The van der Waals surface area contributed by atoms with E-state index in [2.05, 4.69) is 17.6 Å². The van der Waals surface area contributed by atoms with E-state index in [4.69, 9.17) is 16.0 Å². The third kappa shape index (κ3) is 2.17. The van der Waals surface area contributed by atoms with Gasteiger partial charge in [-0.3, -0.25) is 0 Å². The first-order chi connectivity index (χ1) is 7.74. The van der Waals surface area contributed by atoms with E-state index in [0.29, 0.717) is 0 Å². The molecule has 0 aliphatic heterocycles. The first-order valence-electron chi connectivity index (χ1n) is 5.23. The average molecular weight is 256 g/mol. The standard InChI is InChI=1S/C12H14ClNOS/c1-3-14-11(9-4-5-15-6-9)12-10(13)8(2)7-16-12/h4-7,11,14H,3H2,1-2H3. The van der Waals surface area contributed by atoms with Crippen LogP contribution >= 0.6 is 22.9 Å². The Labute approximate surface area is 104 Å². The van der Waals surface area contributed by atoms with Gasteiger partial charge >= 0.3 is 0 Å². The van der Waals surface area contributed by atoms with Crippen LogP contribution in [0.3, 0.4) is 0 Å². The Bertz CT molecular complexity index is 450. The van der Waals surface area contributed by atoms with E-state index >= 15 is 0 Å². The molecule has 4 heteroatoms. The molecule has 0 aliphatic rings. The maximum absolute atomic E-state index is 6.30. The van der Waals surface area contributed by atoms with Crippen molar-refractivity contribution < 1.29 is 4.42 Å². The fraction of sp³-hybridized carbons (Fsp3) is 0.333. The van der Waals surface area contributed by atoms with Crippen molar-refractivity contribution in [3.8, 4) is 0 Å². The Kier molecular flexibility index (Phi) is 3.69. The van der Waals surface area contributed by atoms with Crippen LogP contribution in [0.25, 0.3) is 0 Å². The van der Waals surface area contributed by atoms with Crippen LogP contribution in [0, 0.1) is 6.92 Å². The van der Waals surface area contributed by atoms with Crippen LogP contribution in [0.1, 0.15) is 29.0 Å². The van der Waals surface area contributed by atoms with Crippen molar-refractivity contribution in [3.05, 3.63) is 45.0 Å². The molecular weight excluding hydrogens is 242 g/mol. The van der Waals surface area contributed by atoms with E-state index in [-0.39, 0.29) is 6.04 Å². The van der Waals surface area contributed by atoms with Crippen LogP contribution in [0.15, 0.2) is 28.4 Å². The zero-order chi connectivity index (χ0) is 11.5. The van der Waals surface area contributed by atoms with Crippen LogP contribution in [0.2, 0.25) is 5.02 Å². The summed E-state index contributed by atoms with van der Waals surface area (Å²) in [5, 5.41) is 6.37. The number of furan rings is 1. The minimum absolute atomic E-state index is 0.134. The topological polar surface area (TPSA) is 25.2 Å². The summed E-state index contributed by atoms with van der Waals surface area (Å²) in [5.41, 5.74) is 2.25. The zero-order valence-electron chi connectivity index (χ0n) is 9.29. The fourth-order valence-corrected chi connectivity index (χ4v) is 3.05. The highest BCUT2D eigenvalue weighted by Crippen LogP contribution is 2.35. The lowest BCUT2D eigenvalue weighted by molar-refractivity contribution is 0.554. The quantitative estimate of drug-likeness (QED) is 0.893. The molecule has 0 radical (unpaired) electrons. The number of nitrogens with one attached hydrogen (secondary N) is 1. The molecule has 16 heavy (non-hydrogen) atoms. The van der Waals surface area contributed by atoms with E-state index in [9.17, 15) is 0 Å². The molecule has 2 aromatic heterocycles. The monoisotopic (exact) mass is 255 g/mol. The molecule has 2 nitrogen and oxygen atoms in total. The summed E-state index contributed by atoms with van der Waals surface area (Å²) >= 11 is 7.98. The Morgan fingerprint density at radius 2 is 2.38 bits per heavy atom. The molecule has 0 fully saturated rings. The predicted octanol–water partition coefficient (Wildman–Crippen LogP) is 4.00. The first kappa shape index (κ1) is 11.7. The molecular formula is C12H14ClNOS. The van der Waals surface area contributed by atoms with Gasteiger partial charge < -0.3 is 9.73 Å². The zero-order valence-corrected chi connectivity index (χ0v) is 10.9. The maximum Gasteiger partial charge on any atom is 0.0954 e. The summed E-state index contributed by atoms with van der Waals surface area (Å²) in [6.07, 6.45) is 3.45. The SMILES string of the molecule is CCNC(c1ccoc1)c1scc(C)c1Cl. The Morgan fingerprint density at radius 3 is 2.88 bits per heavy atom. The summed E-state index contributed by atoms with van der Waals surface area (Å²) in [6.45, 7) is 5.01. The lowest BCUT2D eigenvalue weighted by Crippen LogP contribution is -2.20. The molecule has 1 atom stereocenters. The minimum Gasteiger partial charge on any atom is -0.472 e. The first-order valence-corrected chi connectivity index (χ1v) is 6.48. The molecule has 2 heterocycles. The fourth-order valence-electron chi connectivity index (χ4n) is 1.65. The van der Waals surface area contributed by atoms with E-state index in [0.717, 1.165) is 27.6 Å². The molecule has 2 aromatic rings. The summed E-state index contributed by atoms with van der Waals surface area (Å²) in [5.74, 6) is 0. The van der Waals surface area contributed by atoms with Gasteiger partial charge in [-0.2, -0.15) is 0 Å². The highest BCUT2D eigenvalue weighted by molar-refractivity contribution is 7.10. The van der Waals surface area contributed by atoms with Crippen LogP contribution in [0.5, 0.6) is 0 Å². The Balaban J connectivity index is 2.37. The molecule has 0 saturated carbocycles. The van der Waals surface area contributed by atoms with Gasteiger partial charge in [0, 0.05) is 10.4 Å². The van der Waals surface area contributed by atoms with Gasteiger partial charge in [-0.1, -0.05) is 18.5 Å². The van der Waals surface area contributed by atoms with Crippen LogP contribution in [-0.4, -0.2) is 6.54 Å². The smallest absolute Gasteiger partial charge is 0.0954 e. The van der Waals surface area contributed by atoms with Gasteiger partial charge in [-0.05, 0) is 30.5 Å². The van der Waals surface area contributed by atoms with Gasteiger partial charge in [0.25, 0.3) is 0 Å². The van der Waals surface area contributed by atoms with Crippen LogP contribution < -0.4 is 5.32 Å². The molecule has 0 spiro atoms. The number of hydrogen-bond acceptors (Lipinski definition) is 3. The van der Waals surface area contributed by atoms with Crippen molar-refractivity contribution in [2.75, 3.05) is 6.54 Å². The average Bonchev–Trinajstić information content (AvgIpc) is 2.89. The highest BCUT2D eigenvalue weighted by atomic mass is 35.5. The summed E-state index contributed by atoms with van der Waals surface area (Å²) in [7, 11) is 0. The second-order valence-corrected chi connectivity index (χ2v) is 4.93. The number of rotatable bonds is 4. The number of halogens is 1. The van der Waals surface area contributed by atoms with Crippen molar-refractivity contribution in [2.45, 2.75) is 19.9 Å². The largest absolute Gasteiger partial charge is 0.472 e. The van der Waals surface area contributed by atoms with Gasteiger partial charge in [0.05, 0.1) is 23.6 Å². The van der Waals surface area contributed by atoms with Crippen LogP contribution in [-0.2, 0) is 0 Å². The van der Waals surface area contributed by atoms with Gasteiger partial charge in [0.2, 0.25) is 0 Å². The number of hydrogen-bond donors (Lipinski definition) is 1. The molecule has 1 N–H and O–H groups in total. The summed E-state index contributed by atoms with van der Waals surface area (Å²) in [6, 6.07) is 2.11. The molecule has 0 amide bonds. The molecule has 86 valence electrons. The number of thiophene rings is 1. The molecule has 0 bridgehead atoms. The van der Waals surface area contributed by atoms with Crippen molar-refractivity contribution in [1.82, 2.24) is 5.32 Å². The molecule has 1 unspecified atom stereocenters. The predicted molar refractivity (Wildman–Crippen MR) is 68.3 cm³/mol. The summed E-state index contributed by atoms with van der Waals surface area (Å²) < 4.78 is 5.13. The van der Waals surface area contributed by atoms with E-state index in [1.54, 1.807) is 23.9 Å². The summed E-state index contributed by atoms with van der Waals surface area (Å²) in [4.78, 5) is 1.16. The second kappa shape index (κ2) is 5.04. The Morgan fingerprint density at radius 1 is 1.56 bits per heavy atom.